The topological polar surface area (TPSA) is 23.5 Å². The van der Waals surface area contributed by atoms with E-state index in [1.807, 2.05) is 36.4 Å². The van der Waals surface area contributed by atoms with Gasteiger partial charge in [0, 0.05) is 19.6 Å². The first-order chi connectivity index (χ1) is 12.7. The monoisotopic (exact) mass is 349 g/mol. The fourth-order valence-electron chi connectivity index (χ4n) is 3.05. The number of nitrogens with zero attached hydrogens (tertiary/aromatic N) is 1. The van der Waals surface area contributed by atoms with Gasteiger partial charge in [-0.3, -0.25) is 4.90 Å². The van der Waals surface area contributed by atoms with Crippen molar-refractivity contribution in [1.29, 1.82) is 0 Å². The van der Waals surface area contributed by atoms with E-state index in [4.69, 9.17) is 0 Å². The van der Waals surface area contributed by atoms with E-state index in [-0.39, 0.29) is 5.82 Å². The molecule has 26 heavy (non-hydrogen) atoms. The number of hydrogen-bond donors (Lipinski definition) is 1. The van der Waals surface area contributed by atoms with Gasteiger partial charge in [-0.15, -0.1) is 0 Å². The molecular weight excluding hydrogens is 325 g/mol. The Labute approximate surface area is 154 Å². The smallest absolute Gasteiger partial charge is 0.123 e. The molecule has 0 aliphatic heterocycles. The fraction of sp³-hybridized carbons (Fsp3) is 0.217. The molecular formula is C23H24FNO. The third-order valence-electron chi connectivity index (χ3n) is 4.47. The summed E-state index contributed by atoms with van der Waals surface area (Å²) in [6, 6.07) is 26.8. The fourth-order valence-corrected chi connectivity index (χ4v) is 3.05. The van der Waals surface area contributed by atoms with Gasteiger partial charge in [0.1, 0.15) is 5.82 Å². The SMILES string of the molecule is OC(CCN(Cc1ccccc1)Cc1ccccc1)c1ccc(F)cc1. The van der Waals surface area contributed by atoms with Gasteiger partial charge in [-0.25, -0.2) is 4.39 Å². The summed E-state index contributed by atoms with van der Waals surface area (Å²) in [6.07, 6.45) is 0.00956. The highest BCUT2D eigenvalue weighted by atomic mass is 19.1. The van der Waals surface area contributed by atoms with Gasteiger partial charge < -0.3 is 5.11 Å². The van der Waals surface area contributed by atoms with Crippen molar-refractivity contribution < 1.29 is 9.50 Å². The molecule has 3 aromatic carbocycles. The van der Waals surface area contributed by atoms with E-state index in [2.05, 4.69) is 29.2 Å². The highest BCUT2D eigenvalue weighted by Crippen LogP contribution is 2.19. The van der Waals surface area contributed by atoms with E-state index < -0.39 is 6.10 Å². The maximum atomic E-state index is 13.1. The molecule has 0 saturated heterocycles. The number of halogens is 1. The van der Waals surface area contributed by atoms with Gasteiger partial charge in [0.25, 0.3) is 0 Å². The summed E-state index contributed by atoms with van der Waals surface area (Å²) in [7, 11) is 0. The summed E-state index contributed by atoms with van der Waals surface area (Å²) in [5, 5.41) is 10.4. The van der Waals surface area contributed by atoms with Crippen LogP contribution in [0.15, 0.2) is 84.9 Å². The van der Waals surface area contributed by atoms with Crippen molar-refractivity contribution in [3.8, 4) is 0 Å². The van der Waals surface area contributed by atoms with Crippen LogP contribution in [0.3, 0.4) is 0 Å². The van der Waals surface area contributed by atoms with Crippen molar-refractivity contribution >= 4 is 0 Å². The van der Waals surface area contributed by atoms with E-state index in [1.54, 1.807) is 12.1 Å². The van der Waals surface area contributed by atoms with Gasteiger partial charge in [0.2, 0.25) is 0 Å². The normalized spacial score (nSPS) is 12.3. The van der Waals surface area contributed by atoms with Crippen LogP contribution in [0.25, 0.3) is 0 Å². The van der Waals surface area contributed by atoms with Crippen LogP contribution in [0.5, 0.6) is 0 Å². The lowest BCUT2D eigenvalue weighted by Gasteiger charge is -2.24. The van der Waals surface area contributed by atoms with Crippen LogP contribution in [0, 0.1) is 5.82 Å². The molecule has 1 N–H and O–H groups in total. The number of aliphatic hydroxyl groups is 1. The minimum absolute atomic E-state index is 0.282. The number of benzene rings is 3. The van der Waals surface area contributed by atoms with Gasteiger partial charge in [0.05, 0.1) is 6.10 Å². The summed E-state index contributed by atoms with van der Waals surface area (Å²) >= 11 is 0. The lowest BCUT2D eigenvalue weighted by molar-refractivity contribution is 0.137. The average Bonchev–Trinajstić information content (AvgIpc) is 2.68. The zero-order chi connectivity index (χ0) is 18.2. The summed E-state index contributed by atoms with van der Waals surface area (Å²) < 4.78 is 13.1. The van der Waals surface area contributed by atoms with Crippen LogP contribution < -0.4 is 0 Å². The molecule has 0 fully saturated rings. The molecule has 1 unspecified atom stereocenters. The van der Waals surface area contributed by atoms with Gasteiger partial charge in [-0.2, -0.15) is 0 Å². The highest BCUT2D eigenvalue weighted by Gasteiger charge is 2.12. The summed E-state index contributed by atoms with van der Waals surface area (Å²) in [4.78, 5) is 2.33. The highest BCUT2D eigenvalue weighted by molar-refractivity contribution is 5.19. The second-order valence-electron chi connectivity index (χ2n) is 6.54. The predicted octanol–water partition coefficient (Wildman–Crippen LogP) is 4.95. The average molecular weight is 349 g/mol. The molecule has 0 heterocycles. The van der Waals surface area contributed by atoms with Crippen molar-refractivity contribution in [2.24, 2.45) is 0 Å². The molecule has 0 aromatic heterocycles. The van der Waals surface area contributed by atoms with Crippen molar-refractivity contribution in [3.05, 3.63) is 107 Å². The zero-order valence-electron chi connectivity index (χ0n) is 14.8. The lowest BCUT2D eigenvalue weighted by atomic mass is 10.1. The first-order valence-corrected chi connectivity index (χ1v) is 8.94. The van der Waals surface area contributed by atoms with E-state index >= 15 is 0 Å². The minimum atomic E-state index is -0.593. The summed E-state index contributed by atoms with van der Waals surface area (Å²) in [5.74, 6) is -0.282. The third kappa shape index (κ3) is 5.51. The third-order valence-corrected chi connectivity index (χ3v) is 4.47. The maximum Gasteiger partial charge on any atom is 0.123 e. The van der Waals surface area contributed by atoms with Crippen molar-refractivity contribution in [1.82, 2.24) is 4.90 Å². The van der Waals surface area contributed by atoms with Gasteiger partial charge in [-0.05, 0) is 35.2 Å². The van der Waals surface area contributed by atoms with E-state index in [1.165, 1.54) is 23.3 Å². The van der Waals surface area contributed by atoms with Crippen LogP contribution in [0.2, 0.25) is 0 Å². The van der Waals surface area contributed by atoms with Crippen molar-refractivity contribution in [2.75, 3.05) is 6.54 Å². The summed E-state index contributed by atoms with van der Waals surface area (Å²) in [5.41, 5.74) is 3.25. The van der Waals surface area contributed by atoms with E-state index in [0.717, 1.165) is 25.2 Å². The van der Waals surface area contributed by atoms with Crippen LogP contribution in [0.1, 0.15) is 29.2 Å². The molecule has 3 rings (SSSR count). The Bertz CT molecular complexity index is 733. The van der Waals surface area contributed by atoms with E-state index in [0.29, 0.717) is 6.42 Å². The Hall–Kier alpha value is -2.49. The van der Waals surface area contributed by atoms with Crippen molar-refractivity contribution in [2.45, 2.75) is 25.6 Å². The molecule has 0 spiro atoms. The Morgan fingerprint density at radius 2 is 1.23 bits per heavy atom. The van der Waals surface area contributed by atoms with Crippen molar-refractivity contribution in [3.63, 3.8) is 0 Å². The molecule has 0 saturated carbocycles. The van der Waals surface area contributed by atoms with E-state index in [9.17, 15) is 9.50 Å². The maximum absolute atomic E-state index is 13.1. The quantitative estimate of drug-likeness (QED) is 0.622. The Morgan fingerprint density at radius 3 is 1.73 bits per heavy atom. The van der Waals surface area contributed by atoms with Gasteiger partial charge in [-0.1, -0.05) is 72.8 Å². The van der Waals surface area contributed by atoms with Crippen LogP contribution in [-0.4, -0.2) is 16.6 Å². The number of aliphatic hydroxyl groups excluding tert-OH is 1. The standard InChI is InChI=1S/C23H24FNO/c24-22-13-11-21(12-14-22)23(26)15-16-25(17-19-7-3-1-4-8-19)18-20-9-5-2-6-10-20/h1-14,23,26H,15-18H2. The molecule has 3 aromatic rings. The minimum Gasteiger partial charge on any atom is -0.388 e. The van der Waals surface area contributed by atoms with Crippen LogP contribution in [0.4, 0.5) is 4.39 Å². The molecule has 0 aliphatic rings. The first kappa shape index (κ1) is 18.3. The zero-order valence-corrected chi connectivity index (χ0v) is 14.8. The van der Waals surface area contributed by atoms with Gasteiger partial charge >= 0.3 is 0 Å². The molecule has 2 nitrogen and oxygen atoms in total. The number of hydrogen-bond acceptors (Lipinski definition) is 2. The summed E-state index contributed by atoms with van der Waals surface area (Å²) in [6.45, 7) is 2.40. The number of rotatable bonds is 8. The molecule has 0 radical (unpaired) electrons. The Morgan fingerprint density at radius 1 is 0.731 bits per heavy atom. The first-order valence-electron chi connectivity index (χ1n) is 8.94. The Kier molecular flexibility index (Phi) is 6.53. The lowest BCUT2D eigenvalue weighted by Crippen LogP contribution is -2.25. The Balaban J connectivity index is 1.65. The molecule has 0 aliphatic carbocycles. The molecule has 3 heteroatoms. The van der Waals surface area contributed by atoms with Crippen LogP contribution in [-0.2, 0) is 13.1 Å². The van der Waals surface area contributed by atoms with Crippen LogP contribution >= 0.6 is 0 Å². The second-order valence-corrected chi connectivity index (χ2v) is 6.54. The molecule has 1 atom stereocenters. The second kappa shape index (κ2) is 9.27. The molecule has 0 amide bonds. The predicted molar refractivity (Wildman–Crippen MR) is 103 cm³/mol. The largest absolute Gasteiger partial charge is 0.388 e. The molecule has 134 valence electrons. The van der Waals surface area contributed by atoms with Gasteiger partial charge in [0.15, 0.2) is 0 Å². The molecule has 0 bridgehead atoms.